The third-order valence-electron chi connectivity index (χ3n) is 11.6. The third-order valence-corrected chi connectivity index (χ3v) is 12.2. The molecule has 4 aromatic rings. The summed E-state index contributed by atoms with van der Waals surface area (Å²) in [4.78, 5) is 81.3. The predicted octanol–water partition coefficient (Wildman–Crippen LogP) is 0.936. The van der Waals surface area contributed by atoms with Crippen LogP contribution in [0.1, 0.15) is 84.2 Å². The number of nitrogens with two attached hydrogens (primary N) is 3. The first kappa shape index (κ1) is 53.9. The first-order chi connectivity index (χ1) is 33.0. The summed E-state index contributed by atoms with van der Waals surface area (Å²) in [6.45, 7) is 10.1. The molecule has 22 heteroatoms. The standard InChI is InChI=1S/C48H62N12O9S/c1-26-39(27(2)56-42(55-26)30-11-13-33(14-12-30)48(4,5)6)45(64)59-37(25-54-70(52,67)68)47(66)60(7)40-32-23-31(9-8-16-49)41(61)35(24-32)34-21-29(10-15-38(34)69-20-18-51)22-36(44(63)53-19-17-50)58-43(62)28(3)57-46(40)65/h10-15,21,23-24,28,36-37,40,54,61H,8-9,16,18-20,22,25,49,51H2,1-7H3,(H,53,63)(H,57,65)(H,58,62)(H,59,64)(H2,52,67,68)/t28-,36-,37-,40-/m0/s1. The SMILES string of the molecule is Cc1nc(-c2ccc(C(C)(C)C)cc2)nc(C)c1C(=O)N[C@@H](CNS(N)(=O)=O)C(=O)N(C)[C@@H]1C(=O)N[C@@H](C)C(=O)N[C@H](C(=O)NCC#N)Cc2ccc(OCCN)c(c2)-c2cc1cc(CCCN)c2O. The summed E-state index contributed by atoms with van der Waals surface area (Å²) in [5, 5.41) is 36.8. The van der Waals surface area contributed by atoms with Gasteiger partial charge in [0, 0.05) is 43.2 Å². The van der Waals surface area contributed by atoms with Gasteiger partial charge >= 0.3 is 0 Å². The minimum atomic E-state index is -4.46. The number of amides is 5. The number of aryl methyl sites for hydroxylation is 3. The van der Waals surface area contributed by atoms with E-state index in [2.05, 4.69) is 56.7 Å². The van der Waals surface area contributed by atoms with E-state index < -0.39 is 70.5 Å². The van der Waals surface area contributed by atoms with E-state index in [0.717, 1.165) is 10.5 Å². The van der Waals surface area contributed by atoms with Crippen LogP contribution in [0.3, 0.4) is 0 Å². The maximum Gasteiger partial charge on any atom is 0.274 e. The van der Waals surface area contributed by atoms with Crippen molar-refractivity contribution in [2.75, 3.05) is 39.8 Å². The zero-order valence-corrected chi connectivity index (χ0v) is 41.1. The summed E-state index contributed by atoms with van der Waals surface area (Å²) in [7, 11) is -3.22. The predicted molar refractivity (Wildman–Crippen MR) is 261 cm³/mol. The van der Waals surface area contributed by atoms with Crippen molar-refractivity contribution in [3.63, 3.8) is 0 Å². The van der Waals surface area contributed by atoms with Crippen LogP contribution in [-0.4, -0.2) is 116 Å². The number of aromatic nitrogens is 2. The van der Waals surface area contributed by atoms with E-state index in [4.69, 9.17) is 21.3 Å². The summed E-state index contributed by atoms with van der Waals surface area (Å²) in [5.41, 5.74) is 15.3. The molecular weight excluding hydrogens is 921 g/mol. The summed E-state index contributed by atoms with van der Waals surface area (Å²) >= 11 is 0. The Kier molecular flexibility index (Phi) is 17.8. The molecule has 4 atom stereocenters. The van der Waals surface area contributed by atoms with Crippen molar-refractivity contribution < 1.29 is 42.2 Å². The van der Waals surface area contributed by atoms with Gasteiger partial charge in [-0.2, -0.15) is 18.4 Å². The number of hydrogen-bond donors (Lipinski definition) is 9. The first-order valence-electron chi connectivity index (χ1n) is 22.6. The Bertz CT molecular complexity index is 2750. The van der Waals surface area contributed by atoms with E-state index in [1.54, 1.807) is 32.0 Å². The van der Waals surface area contributed by atoms with Crippen LogP contribution in [0.4, 0.5) is 0 Å². The van der Waals surface area contributed by atoms with Crippen molar-refractivity contribution in [1.82, 2.24) is 40.9 Å². The van der Waals surface area contributed by atoms with E-state index >= 15 is 0 Å². The number of ether oxygens (including phenoxy) is 1. The molecule has 5 amide bonds. The molecule has 21 nitrogen and oxygen atoms in total. The smallest absolute Gasteiger partial charge is 0.274 e. The van der Waals surface area contributed by atoms with E-state index in [1.807, 2.05) is 30.3 Å². The maximum atomic E-state index is 14.9. The second-order valence-electron chi connectivity index (χ2n) is 18.0. The van der Waals surface area contributed by atoms with Crippen molar-refractivity contribution in [3.8, 4) is 40.1 Å². The Balaban J connectivity index is 1.64. The molecular formula is C48H62N12O9S. The fourth-order valence-electron chi connectivity index (χ4n) is 7.97. The van der Waals surface area contributed by atoms with Crippen LogP contribution in [-0.2, 0) is 47.6 Å². The number of phenols is 1. The second kappa shape index (κ2) is 23.1. The topological polar surface area (TPSA) is 340 Å². The Morgan fingerprint density at radius 3 is 2.26 bits per heavy atom. The number of likely N-dealkylation sites (N-methyl/N-ethyl adjacent to an activating group) is 1. The quantitative estimate of drug-likeness (QED) is 0.0706. The summed E-state index contributed by atoms with van der Waals surface area (Å²) in [6, 6.07) is 11.4. The van der Waals surface area contributed by atoms with E-state index in [-0.39, 0.29) is 84.1 Å². The van der Waals surface area contributed by atoms with Gasteiger partial charge in [-0.1, -0.05) is 51.1 Å². The second-order valence-corrected chi connectivity index (χ2v) is 19.4. The summed E-state index contributed by atoms with van der Waals surface area (Å²) in [6.07, 6.45) is 0.497. The first-order valence-corrected chi connectivity index (χ1v) is 24.1. The molecule has 0 fully saturated rings. The van der Waals surface area contributed by atoms with Gasteiger partial charge in [0.25, 0.3) is 16.1 Å². The molecule has 0 aliphatic carbocycles. The van der Waals surface area contributed by atoms with Crippen molar-refractivity contribution in [2.24, 2.45) is 16.6 Å². The highest BCUT2D eigenvalue weighted by atomic mass is 32.2. The molecule has 4 bridgehead atoms. The van der Waals surface area contributed by atoms with Crippen LogP contribution in [0.5, 0.6) is 11.5 Å². The highest BCUT2D eigenvalue weighted by Gasteiger charge is 2.37. The molecule has 12 N–H and O–H groups in total. The van der Waals surface area contributed by atoms with Gasteiger partial charge in [0.05, 0.1) is 23.0 Å². The van der Waals surface area contributed by atoms with E-state index in [1.165, 1.54) is 26.1 Å². The molecule has 0 unspecified atom stereocenters. The van der Waals surface area contributed by atoms with Gasteiger partial charge in [-0.3, -0.25) is 24.0 Å². The molecule has 1 aliphatic rings. The molecule has 0 saturated heterocycles. The van der Waals surface area contributed by atoms with Crippen LogP contribution in [0.2, 0.25) is 0 Å². The number of aromatic hydroxyl groups is 1. The number of rotatable bonds is 16. The van der Waals surface area contributed by atoms with Crippen LogP contribution < -0.4 is 47.3 Å². The molecule has 0 saturated carbocycles. The van der Waals surface area contributed by atoms with Gasteiger partial charge in [-0.15, -0.1) is 0 Å². The highest BCUT2D eigenvalue weighted by molar-refractivity contribution is 7.87. The zero-order valence-electron chi connectivity index (χ0n) is 40.3. The van der Waals surface area contributed by atoms with Crippen LogP contribution in [0, 0.1) is 25.2 Å². The van der Waals surface area contributed by atoms with Crippen molar-refractivity contribution in [1.29, 1.82) is 5.26 Å². The Morgan fingerprint density at radius 1 is 0.986 bits per heavy atom. The van der Waals surface area contributed by atoms with Gasteiger partial charge < -0.3 is 47.5 Å². The van der Waals surface area contributed by atoms with Crippen LogP contribution in [0.25, 0.3) is 22.5 Å². The number of nitrogens with one attached hydrogen (secondary N) is 5. The van der Waals surface area contributed by atoms with Gasteiger partial charge in [0.1, 0.15) is 48.8 Å². The van der Waals surface area contributed by atoms with E-state index in [9.17, 15) is 42.8 Å². The van der Waals surface area contributed by atoms with Crippen LogP contribution >= 0.6 is 0 Å². The van der Waals surface area contributed by atoms with Gasteiger partial charge in [-0.05, 0) is 92.1 Å². The molecule has 1 aromatic heterocycles. The van der Waals surface area contributed by atoms with Crippen molar-refractivity contribution in [3.05, 3.63) is 93.8 Å². The lowest BCUT2D eigenvalue weighted by atomic mass is 9.86. The molecule has 0 spiro atoms. The van der Waals surface area contributed by atoms with Crippen LogP contribution in [0.15, 0.2) is 54.6 Å². The summed E-state index contributed by atoms with van der Waals surface area (Å²) in [5.74, 6) is -3.85. The molecule has 3 aromatic carbocycles. The molecule has 2 heterocycles. The average Bonchev–Trinajstić information content (AvgIpc) is 3.29. The fourth-order valence-corrected chi connectivity index (χ4v) is 8.37. The number of nitrogens with zero attached hydrogens (tertiary/aromatic N) is 4. The summed E-state index contributed by atoms with van der Waals surface area (Å²) < 4.78 is 32.7. The van der Waals surface area contributed by atoms with Crippen molar-refractivity contribution >= 4 is 39.7 Å². The lowest BCUT2D eigenvalue weighted by Crippen LogP contribution is -2.57. The Morgan fingerprint density at radius 2 is 1.66 bits per heavy atom. The van der Waals surface area contributed by atoms with Gasteiger partial charge in [0.15, 0.2) is 5.82 Å². The molecule has 374 valence electrons. The number of fused-ring (bicyclic) bond motifs is 5. The molecule has 1 aliphatic heterocycles. The number of carbonyl (C=O) groups excluding carboxylic acids is 5. The van der Waals surface area contributed by atoms with Crippen molar-refractivity contribution in [2.45, 2.75) is 90.4 Å². The van der Waals surface area contributed by atoms with Gasteiger partial charge in [0.2, 0.25) is 23.6 Å². The highest BCUT2D eigenvalue weighted by Crippen LogP contribution is 2.42. The zero-order chi connectivity index (χ0) is 51.7. The lowest BCUT2D eigenvalue weighted by Gasteiger charge is -2.33. The Hall–Kier alpha value is -7.03. The number of hydrogen-bond acceptors (Lipinski definition) is 14. The van der Waals surface area contributed by atoms with Gasteiger partial charge in [-0.25, -0.2) is 15.1 Å². The number of carbonyl (C=O) groups is 5. The third kappa shape index (κ3) is 13.4. The Labute approximate surface area is 407 Å². The fraction of sp³-hybridized carbons (Fsp3) is 0.417. The molecule has 0 radical (unpaired) electrons. The minimum absolute atomic E-state index is 0.00362. The number of benzene rings is 3. The minimum Gasteiger partial charge on any atom is -0.507 e. The molecule has 5 rings (SSSR count). The number of phenolic OH excluding ortho intramolecular Hbond substituents is 1. The normalized spacial score (nSPS) is 16.7. The largest absolute Gasteiger partial charge is 0.507 e. The van der Waals surface area contributed by atoms with E-state index in [0.29, 0.717) is 34.5 Å². The molecule has 70 heavy (non-hydrogen) atoms. The monoisotopic (exact) mass is 982 g/mol. The number of nitriles is 1. The average molecular weight is 983 g/mol. The maximum absolute atomic E-state index is 14.9. The lowest BCUT2D eigenvalue weighted by molar-refractivity contribution is -0.141.